The highest BCUT2D eigenvalue weighted by atomic mass is 32.1. The van der Waals surface area contributed by atoms with Crippen molar-refractivity contribution in [2.75, 3.05) is 0 Å². The van der Waals surface area contributed by atoms with Crippen LogP contribution in [0.15, 0.2) is 170 Å². The first-order chi connectivity index (χ1) is 25.3. The maximum atomic E-state index is 5.29. The Morgan fingerprint density at radius 1 is 0.333 bits per heavy atom. The number of fused-ring (bicyclic) bond motifs is 7. The summed E-state index contributed by atoms with van der Waals surface area (Å²) < 4.78 is 2.43. The van der Waals surface area contributed by atoms with Crippen molar-refractivity contribution in [3.63, 3.8) is 0 Å². The van der Waals surface area contributed by atoms with Crippen LogP contribution in [-0.2, 0) is 0 Å². The highest BCUT2D eigenvalue weighted by molar-refractivity contribution is 7.26. The van der Waals surface area contributed by atoms with Crippen molar-refractivity contribution < 1.29 is 0 Å². The van der Waals surface area contributed by atoms with E-state index in [0.717, 1.165) is 50.0 Å². The van der Waals surface area contributed by atoms with Crippen LogP contribution >= 0.6 is 11.3 Å². The minimum Gasteiger partial charge on any atom is -0.247 e. The summed E-state index contributed by atoms with van der Waals surface area (Å²) in [5, 5.41) is 5.89. The molecule has 4 nitrogen and oxygen atoms in total. The third-order valence-corrected chi connectivity index (χ3v) is 10.7. The average molecular weight is 669 g/mol. The van der Waals surface area contributed by atoms with Crippen LogP contribution in [0.25, 0.3) is 98.4 Å². The lowest BCUT2D eigenvalue weighted by Crippen LogP contribution is -2.01. The molecule has 0 atom stereocenters. The van der Waals surface area contributed by atoms with E-state index in [-0.39, 0.29) is 0 Å². The van der Waals surface area contributed by atoms with E-state index in [4.69, 9.17) is 19.9 Å². The minimum absolute atomic E-state index is 0.634. The molecule has 10 aromatic rings. The minimum atomic E-state index is 0.634. The molecule has 3 heterocycles. The second kappa shape index (κ2) is 12.1. The van der Waals surface area contributed by atoms with E-state index in [9.17, 15) is 0 Å². The first-order valence-corrected chi connectivity index (χ1v) is 17.8. The van der Waals surface area contributed by atoms with Crippen LogP contribution in [0.1, 0.15) is 0 Å². The van der Waals surface area contributed by atoms with E-state index < -0.39 is 0 Å². The van der Waals surface area contributed by atoms with Crippen LogP contribution in [0.4, 0.5) is 0 Å². The summed E-state index contributed by atoms with van der Waals surface area (Å²) in [7, 11) is 0. The van der Waals surface area contributed by atoms with Gasteiger partial charge in [0.2, 0.25) is 0 Å². The molecule has 0 aliphatic rings. The molecule has 0 bridgehead atoms. The normalized spacial score (nSPS) is 11.5. The molecular formula is C46H28N4S. The summed E-state index contributed by atoms with van der Waals surface area (Å²) in [6.07, 6.45) is 0. The molecule has 0 aliphatic heterocycles. The Bertz CT molecular complexity index is 2900. The van der Waals surface area contributed by atoms with Crippen molar-refractivity contribution in [1.82, 2.24) is 19.9 Å². The number of hydrogen-bond acceptors (Lipinski definition) is 5. The highest BCUT2D eigenvalue weighted by Crippen LogP contribution is 2.44. The molecular weight excluding hydrogens is 641 g/mol. The second-order valence-corrected chi connectivity index (χ2v) is 13.7. The average Bonchev–Trinajstić information content (AvgIpc) is 3.59. The van der Waals surface area contributed by atoms with Crippen molar-refractivity contribution in [3.8, 4) is 56.5 Å². The Hall–Kier alpha value is -6.56. The Morgan fingerprint density at radius 2 is 0.922 bits per heavy atom. The summed E-state index contributed by atoms with van der Waals surface area (Å²) in [4.78, 5) is 20.7. The highest BCUT2D eigenvalue weighted by Gasteiger charge is 2.19. The molecule has 51 heavy (non-hydrogen) atoms. The van der Waals surface area contributed by atoms with Gasteiger partial charge in [0.15, 0.2) is 17.5 Å². The number of rotatable bonds is 5. The van der Waals surface area contributed by atoms with Gasteiger partial charge in [-0.2, -0.15) is 0 Å². The van der Waals surface area contributed by atoms with Crippen LogP contribution < -0.4 is 0 Å². The van der Waals surface area contributed by atoms with Crippen molar-refractivity contribution in [2.24, 2.45) is 0 Å². The van der Waals surface area contributed by atoms with E-state index in [1.54, 1.807) is 0 Å². The Kier molecular flexibility index (Phi) is 6.96. The van der Waals surface area contributed by atoms with Crippen LogP contribution in [0, 0.1) is 0 Å². The van der Waals surface area contributed by atoms with Gasteiger partial charge in [0, 0.05) is 53.2 Å². The zero-order valence-corrected chi connectivity index (χ0v) is 28.2. The van der Waals surface area contributed by atoms with Gasteiger partial charge in [0.1, 0.15) is 0 Å². The first kappa shape index (κ1) is 29.4. The molecule has 0 unspecified atom stereocenters. The van der Waals surface area contributed by atoms with Gasteiger partial charge in [-0.25, -0.2) is 19.9 Å². The summed E-state index contributed by atoms with van der Waals surface area (Å²) in [6, 6.07) is 59.0. The third-order valence-electron chi connectivity index (χ3n) is 9.52. The molecule has 5 heteroatoms. The van der Waals surface area contributed by atoms with Gasteiger partial charge in [-0.15, -0.1) is 11.3 Å². The van der Waals surface area contributed by atoms with Crippen LogP contribution in [0.5, 0.6) is 0 Å². The fraction of sp³-hybridized carbons (Fsp3) is 0. The molecule has 10 rings (SSSR count). The van der Waals surface area contributed by atoms with E-state index in [2.05, 4.69) is 140 Å². The number of pyridine rings is 1. The molecule has 0 N–H and O–H groups in total. The molecule has 0 spiro atoms. The fourth-order valence-electron chi connectivity index (χ4n) is 7.15. The standard InChI is InChI=1S/C46H28N4S/c1-4-14-29(15-5-1)33-20-10-11-22-36(33)46-49-44(31-18-8-3-9-19-31)48-45(50-46)32-24-26-39-37(28-32)41-40(51-39)27-25-35-34-21-12-13-23-38(34)47-43(42(35)41)30-16-6-2-7-17-30/h1-28H. The zero-order valence-electron chi connectivity index (χ0n) is 27.4. The Labute approximate surface area is 298 Å². The number of hydrogen-bond donors (Lipinski definition) is 0. The summed E-state index contributed by atoms with van der Waals surface area (Å²) in [6.45, 7) is 0. The number of benzene rings is 7. The number of thiophene rings is 1. The summed E-state index contributed by atoms with van der Waals surface area (Å²) >= 11 is 1.81. The van der Waals surface area contributed by atoms with E-state index in [1.807, 2.05) is 41.7 Å². The maximum Gasteiger partial charge on any atom is 0.164 e. The first-order valence-electron chi connectivity index (χ1n) is 17.0. The monoisotopic (exact) mass is 668 g/mol. The van der Waals surface area contributed by atoms with Crippen molar-refractivity contribution in [3.05, 3.63) is 170 Å². The van der Waals surface area contributed by atoms with Gasteiger partial charge in [-0.05, 0) is 46.8 Å². The zero-order chi connectivity index (χ0) is 33.7. The second-order valence-electron chi connectivity index (χ2n) is 12.6. The lowest BCUT2D eigenvalue weighted by atomic mass is 9.95. The van der Waals surface area contributed by atoms with Gasteiger partial charge in [-0.3, -0.25) is 0 Å². The molecule has 0 radical (unpaired) electrons. The largest absolute Gasteiger partial charge is 0.247 e. The third kappa shape index (κ3) is 5.06. The predicted octanol–water partition coefficient (Wildman–Crippen LogP) is 12.3. The fourth-order valence-corrected chi connectivity index (χ4v) is 8.24. The van der Waals surface area contributed by atoms with E-state index in [0.29, 0.717) is 17.5 Å². The maximum absolute atomic E-state index is 5.29. The molecule has 0 saturated heterocycles. The molecule has 0 saturated carbocycles. The molecule has 0 fully saturated rings. The van der Waals surface area contributed by atoms with Crippen LogP contribution in [0.3, 0.4) is 0 Å². The number of para-hydroxylation sites is 1. The van der Waals surface area contributed by atoms with Gasteiger partial charge in [0.05, 0.1) is 11.2 Å². The Balaban J connectivity index is 1.24. The van der Waals surface area contributed by atoms with Gasteiger partial charge < -0.3 is 0 Å². The molecule has 3 aromatic heterocycles. The summed E-state index contributed by atoms with van der Waals surface area (Å²) in [5.74, 6) is 1.91. The van der Waals surface area contributed by atoms with E-state index >= 15 is 0 Å². The van der Waals surface area contributed by atoms with Crippen molar-refractivity contribution in [1.29, 1.82) is 0 Å². The molecule has 0 amide bonds. The van der Waals surface area contributed by atoms with Gasteiger partial charge in [0.25, 0.3) is 0 Å². The number of nitrogens with zero attached hydrogens (tertiary/aromatic N) is 4. The Morgan fingerprint density at radius 3 is 1.69 bits per heavy atom. The smallest absolute Gasteiger partial charge is 0.164 e. The quantitative estimate of drug-likeness (QED) is 0.171. The van der Waals surface area contributed by atoms with Crippen LogP contribution in [0.2, 0.25) is 0 Å². The predicted molar refractivity (Wildman–Crippen MR) is 213 cm³/mol. The number of aromatic nitrogens is 4. The SMILES string of the molecule is c1ccc(-c2nc(-c3ccc4sc5ccc6c7ccccc7nc(-c7ccccc7)c6c5c4c3)nc(-c3ccccc3-c3ccccc3)n2)cc1. The van der Waals surface area contributed by atoms with Crippen molar-refractivity contribution >= 4 is 53.2 Å². The van der Waals surface area contributed by atoms with Gasteiger partial charge >= 0.3 is 0 Å². The van der Waals surface area contributed by atoms with Crippen LogP contribution in [-0.4, -0.2) is 19.9 Å². The lowest BCUT2D eigenvalue weighted by Gasteiger charge is -2.13. The van der Waals surface area contributed by atoms with Crippen molar-refractivity contribution in [2.45, 2.75) is 0 Å². The van der Waals surface area contributed by atoms with Gasteiger partial charge in [-0.1, -0.05) is 140 Å². The molecule has 238 valence electrons. The molecule has 7 aromatic carbocycles. The topological polar surface area (TPSA) is 51.6 Å². The summed E-state index contributed by atoms with van der Waals surface area (Å²) in [5.41, 5.74) is 8.12. The lowest BCUT2D eigenvalue weighted by molar-refractivity contribution is 1.07. The van der Waals surface area contributed by atoms with E-state index in [1.165, 1.54) is 30.9 Å². The molecule has 0 aliphatic carbocycles.